The van der Waals surface area contributed by atoms with E-state index in [1.165, 1.54) is 6.07 Å². The van der Waals surface area contributed by atoms with E-state index < -0.39 is 4.92 Å². The number of hydrogen-bond donors (Lipinski definition) is 1. The number of rotatable bonds is 3. The van der Waals surface area contributed by atoms with Crippen molar-refractivity contribution < 1.29 is 4.92 Å². The quantitative estimate of drug-likeness (QED) is 0.469. The van der Waals surface area contributed by atoms with Crippen LogP contribution in [-0.4, -0.2) is 18.5 Å². The molecule has 15 heavy (non-hydrogen) atoms. The summed E-state index contributed by atoms with van der Waals surface area (Å²) in [6, 6.07) is 3.36. The van der Waals surface area contributed by atoms with Crippen LogP contribution >= 0.6 is 0 Å². The highest BCUT2D eigenvalue weighted by Gasteiger charge is 2.16. The lowest BCUT2D eigenvalue weighted by atomic mass is 10.1. The van der Waals surface area contributed by atoms with Gasteiger partial charge in [-0.3, -0.25) is 10.1 Å². The van der Waals surface area contributed by atoms with E-state index >= 15 is 0 Å². The molecular weight excluding hydrogens is 194 g/mol. The van der Waals surface area contributed by atoms with Gasteiger partial charge in [0, 0.05) is 25.3 Å². The van der Waals surface area contributed by atoms with Gasteiger partial charge in [0.15, 0.2) is 0 Å². The van der Waals surface area contributed by atoms with Crippen molar-refractivity contribution in [2.24, 2.45) is 0 Å². The van der Waals surface area contributed by atoms with Gasteiger partial charge in [-0.05, 0) is 25.5 Å². The Morgan fingerprint density at radius 3 is 2.60 bits per heavy atom. The molecule has 1 rings (SSSR count). The number of nitrogen functional groups attached to an aromatic ring is 1. The molecule has 0 aliphatic rings. The molecule has 0 aromatic heterocycles. The van der Waals surface area contributed by atoms with Crippen molar-refractivity contribution in [3.63, 3.8) is 0 Å². The number of nitrogens with zero attached hydrogens (tertiary/aromatic N) is 2. The van der Waals surface area contributed by atoms with Crippen LogP contribution in [0.1, 0.15) is 12.5 Å². The molecule has 5 heteroatoms. The summed E-state index contributed by atoms with van der Waals surface area (Å²) in [6.45, 7) is 4.55. The van der Waals surface area contributed by atoms with E-state index in [4.69, 9.17) is 5.73 Å². The molecule has 2 N–H and O–H groups in total. The third-order valence-corrected chi connectivity index (χ3v) is 2.46. The molecule has 1 aromatic carbocycles. The van der Waals surface area contributed by atoms with Crippen LogP contribution in [0.2, 0.25) is 0 Å². The Balaban J connectivity index is 3.29. The van der Waals surface area contributed by atoms with Crippen LogP contribution < -0.4 is 10.6 Å². The Morgan fingerprint density at radius 2 is 2.13 bits per heavy atom. The van der Waals surface area contributed by atoms with Crippen LogP contribution in [0.25, 0.3) is 0 Å². The average Bonchev–Trinajstić information content (AvgIpc) is 2.20. The summed E-state index contributed by atoms with van der Waals surface area (Å²) in [5.74, 6) is 0. The Labute approximate surface area is 88.6 Å². The van der Waals surface area contributed by atoms with Gasteiger partial charge >= 0.3 is 0 Å². The first-order chi connectivity index (χ1) is 6.97. The number of hydrogen-bond acceptors (Lipinski definition) is 4. The van der Waals surface area contributed by atoms with Gasteiger partial charge in [-0.2, -0.15) is 0 Å². The second-order valence-corrected chi connectivity index (χ2v) is 3.47. The topological polar surface area (TPSA) is 72.4 Å². The first-order valence-electron chi connectivity index (χ1n) is 4.73. The van der Waals surface area contributed by atoms with Crippen LogP contribution in [-0.2, 0) is 0 Å². The van der Waals surface area contributed by atoms with Crippen molar-refractivity contribution in [2.45, 2.75) is 13.8 Å². The number of benzene rings is 1. The molecule has 0 amide bonds. The number of anilines is 2. The highest BCUT2D eigenvalue weighted by atomic mass is 16.6. The summed E-state index contributed by atoms with van der Waals surface area (Å²) >= 11 is 0. The molecule has 0 aliphatic carbocycles. The monoisotopic (exact) mass is 209 g/mol. The first-order valence-corrected chi connectivity index (χ1v) is 4.73. The lowest BCUT2D eigenvalue weighted by Gasteiger charge is -2.17. The van der Waals surface area contributed by atoms with E-state index in [9.17, 15) is 10.1 Å². The zero-order valence-corrected chi connectivity index (χ0v) is 9.15. The van der Waals surface area contributed by atoms with Crippen molar-refractivity contribution in [1.29, 1.82) is 0 Å². The summed E-state index contributed by atoms with van der Waals surface area (Å²) < 4.78 is 0. The van der Waals surface area contributed by atoms with Crippen molar-refractivity contribution in [3.8, 4) is 0 Å². The minimum atomic E-state index is -0.449. The number of nitrogens with two attached hydrogens (primary N) is 1. The normalized spacial score (nSPS) is 10.1. The smallest absolute Gasteiger partial charge is 0.294 e. The third kappa shape index (κ3) is 2.18. The SMILES string of the molecule is CCN(C)c1cc(C)c(N)c([N+](=O)[O-])c1. The van der Waals surface area contributed by atoms with Gasteiger partial charge in [-0.1, -0.05) is 0 Å². The molecule has 0 unspecified atom stereocenters. The van der Waals surface area contributed by atoms with Gasteiger partial charge in [0.05, 0.1) is 4.92 Å². The maximum Gasteiger partial charge on any atom is 0.294 e. The highest BCUT2D eigenvalue weighted by Crippen LogP contribution is 2.30. The van der Waals surface area contributed by atoms with E-state index in [0.29, 0.717) is 0 Å². The summed E-state index contributed by atoms with van der Waals surface area (Å²) in [7, 11) is 1.88. The van der Waals surface area contributed by atoms with E-state index in [1.807, 2.05) is 24.9 Å². The minimum absolute atomic E-state index is 0.0229. The molecule has 0 bridgehead atoms. The summed E-state index contributed by atoms with van der Waals surface area (Å²) in [5, 5.41) is 10.7. The van der Waals surface area contributed by atoms with E-state index in [1.54, 1.807) is 6.92 Å². The largest absolute Gasteiger partial charge is 0.393 e. The van der Waals surface area contributed by atoms with Gasteiger partial charge in [-0.25, -0.2) is 0 Å². The fourth-order valence-corrected chi connectivity index (χ4v) is 1.32. The van der Waals surface area contributed by atoms with Gasteiger partial charge in [0.1, 0.15) is 5.69 Å². The molecule has 0 fully saturated rings. The summed E-state index contributed by atoms with van der Waals surface area (Å²) in [5.41, 5.74) is 7.41. The van der Waals surface area contributed by atoms with Gasteiger partial charge in [-0.15, -0.1) is 0 Å². The van der Waals surface area contributed by atoms with E-state index in [2.05, 4.69) is 0 Å². The van der Waals surface area contributed by atoms with Gasteiger partial charge in [0.2, 0.25) is 0 Å². The number of nitro benzene ring substituents is 1. The van der Waals surface area contributed by atoms with Crippen molar-refractivity contribution in [3.05, 3.63) is 27.8 Å². The minimum Gasteiger partial charge on any atom is -0.393 e. The summed E-state index contributed by atoms with van der Waals surface area (Å²) in [6.07, 6.45) is 0. The van der Waals surface area contributed by atoms with Crippen LogP contribution in [0.5, 0.6) is 0 Å². The Morgan fingerprint density at radius 1 is 1.53 bits per heavy atom. The van der Waals surface area contributed by atoms with Crippen molar-refractivity contribution >= 4 is 17.1 Å². The highest BCUT2D eigenvalue weighted by molar-refractivity contribution is 5.70. The summed E-state index contributed by atoms with van der Waals surface area (Å²) in [4.78, 5) is 12.2. The molecule has 0 spiro atoms. The predicted octanol–water partition coefficient (Wildman–Crippen LogP) is 1.94. The van der Waals surface area contributed by atoms with Gasteiger partial charge < -0.3 is 10.6 Å². The van der Waals surface area contributed by atoms with Crippen LogP contribution in [0, 0.1) is 17.0 Å². The Bertz CT molecular complexity index is 390. The molecular formula is C10H15N3O2. The molecule has 0 radical (unpaired) electrons. The Kier molecular flexibility index (Phi) is 3.14. The predicted molar refractivity (Wildman–Crippen MR) is 61.2 cm³/mol. The molecule has 0 aliphatic heterocycles. The third-order valence-electron chi connectivity index (χ3n) is 2.46. The second kappa shape index (κ2) is 4.16. The lowest BCUT2D eigenvalue weighted by Crippen LogP contribution is -2.16. The molecule has 1 aromatic rings. The molecule has 0 heterocycles. The maximum absolute atomic E-state index is 10.7. The fourth-order valence-electron chi connectivity index (χ4n) is 1.32. The lowest BCUT2D eigenvalue weighted by molar-refractivity contribution is -0.383. The molecule has 0 saturated heterocycles. The fraction of sp³-hybridized carbons (Fsp3) is 0.400. The zero-order chi connectivity index (χ0) is 11.6. The number of nitro groups is 1. The van der Waals surface area contributed by atoms with Crippen LogP contribution in [0.3, 0.4) is 0 Å². The van der Waals surface area contributed by atoms with Crippen LogP contribution in [0.15, 0.2) is 12.1 Å². The second-order valence-electron chi connectivity index (χ2n) is 3.47. The molecule has 0 saturated carbocycles. The van der Waals surface area contributed by atoms with Crippen molar-refractivity contribution in [1.82, 2.24) is 0 Å². The molecule has 5 nitrogen and oxygen atoms in total. The van der Waals surface area contributed by atoms with E-state index in [0.717, 1.165) is 17.8 Å². The van der Waals surface area contributed by atoms with Crippen molar-refractivity contribution in [2.75, 3.05) is 24.2 Å². The average molecular weight is 209 g/mol. The Hall–Kier alpha value is -1.78. The van der Waals surface area contributed by atoms with Crippen LogP contribution in [0.4, 0.5) is 17.1 Å². The first kappa shape index (κ1) is 11.3. The maximum atomic E-state index is 10.7. The molecule has 0 atom stereocenters. The van der Waals surface area contributed by atoms with Gasteiger partial charge in [0.25, 0.3) is 5.69 Å². The zero-order valence-electron chi connectivity index (χ0n) is 9.15. The number of aryl methyl sites for hydroxylation is 1. The molecule has 82 valence electrons. The standard InChI is InChI=1S/C10H15N3O2/c1-4-12(3)8-5-7(2)10(11)9(6-8)13(14)15/h5-6H,4,11H2,1-3H3. The van der Waals surface area contributed by atoms with E-state index in [-0.39, 0.29) is 11.4 Å².